The second kappa shape index (κ2) is 43.6. The molecule has 736 valence electrons. The van der Waals surface area contributed by atoms with E-state index in [-0.39, 0.29) is 0 Å². The molecule has 0 bridgehead atoms. The van der Waals surface area contributed by atoms with Crippen molar-refractivity contribution in [3.63, 3.8) is 0 Å². The molecule has 0 aromatic heterocycles. The largest absolute Gasteiger partial charge is 0.394 e. The Labute approximate surface area is 716 Å². The van der Waals surface area contributed by atoms with Gasteiger partial charge in [-0.3, -0.25) is 0 Å². The number of aliphatic hydroxyl groups excluding tert-OH is 30. The molecule has 0 aliphatic carbocycles. The van der Waals surface area contributed by atoms with Crippen molar-refractivity contribution in [2.45, 2.75) is 344 Å². The summed E-state index contributed by atoms with van der Waals surface area (Å²) in [6, 6.07) is 0. The minimum Gasteiger partial charge on any atom is -0.394 e. The molecule has 14 fully saturated rings. The van der Waals surface area contributed by atoms with Gasteiger partial charge in [-0.1, -0.05) is 0 Å². The maximum absolute atomic E-state index is 11.5. The normalized spacial score (nSPS) is 54.8. The van der Waals surface area contributed by atoms with Crippen molar-refractivity contribution in [3.05, 3.63) is 0 Å². The van der Waals surface area contributed by atoms with Crippen LogP contribution in [0.2, 0.25) is 0 Å². The van der Waals surface area contributed by atoms with Crippen molar-refractivity contribution in [1.82, 2.24) is 0 Å². The predicted octanol–water partition coefficient (Wildman–Crippen LogP) is -22.6. The summed E-state index contributed by atoms with van der Waals surface area (Å²) in [7, 11) is 0. The molecular formula is C70H114O57. The molecule has 14 aliphatic heterocycles. The molecule has 14 saturated heterocycles. The van der Waals surface area contributed by atoms with E-state index in [1.165, 1.54) is 0 Å². The first-order chi connectivity index (χ1) is 60.4. The molecule has 0 spiro atoms. The minimum atomic E-state index is -2.01. The molecule has 0 aromatic carbocycles. The van der Waals surface area contributed by atoms with Gasteiger partial charge in [-0.15, -0.1) is 0 Å². The van der Waals surface area contributed by atoms with Gasteiger partial charge in [0.2, 0.25) is 0 Å². The van der Waals surface area contributed by atoms with Crippen LogP contribution in [0.25, 0.3) is 0 Å². The Morgan fingerprint density at radius 3 is 0.551 bits per heavy atom. The first-order valence-electron chi connectivity index (χ1n) is 40.9. The van der Waals surface area contributed by atoms with Gasteiger partial charge < -0.3 is 281 Å². The number of rotatable bonds is 27. The van der Waals surface area contributed by atoms with Gasteiger partial charge in [-0.25, -0.2) is 0 Å². The molecule has 30 N–H and O–H groups in total. The molecule has 1 unspecified atom stereocenters. The van der Waals surface area contributed by atoms with E-state index in [1.54, 1.807) is 0 Å². The number of hydrogen-bond acceptors (Lipinski definition) is 57. The zero-order valence-corrected chi connectivity index (χ0v) is 66.7. The Bertz CT molecular complexity index is 3350. The molecular weight excluding hydrogens is 1750 g/mol. The van der Waals surface area contributed by atoms with Crippen LogP contribution in [0.1, 0.15) is 0 Å². The van der Waals surface area contributed by atoms with Gasteiger partial charge in [0.1, 0.15) is 256 Å². The Balaban J connectivity index is 0.467. The van der Waals surface area contributed by atoms with Gasteiger partial charge >= 0.3 is 0 Å². The third-order valence-corrected chi connectivity index (χ3v) is 24.2. The molecule has 0 amide bonds. The molecule has 14 rings (SSSR count). The highest BCUT2D eigenvalue weighted by molar-refractivity contribution is 5.00. The third-order valence-electron chi connectivity index (χ3n) is 24.2. The lowest BCUT2D eigenvalue weighted by molar-refractivity contribution is -0.374. The van der Waals surface area contributed by atoms with Crippen molar-refractivity contribution in [2.75, 3.05) is 92.5 Å². The molecule has 57 heteroatoms. The monoisotopic (exact) mass is 1870 g/mol. The maximum atomic E-state index is 11.5. The lowest BCUT2D eigenvalue weighted by atomic mass is 10.0. The molecule has 56 atom stereocenters. The van der Waals surface area contributed by atoms with Crippen LogP contribution >= 0.6 is 0 Å². The molecule has 0 radical (unpaired) electrons. The van der Waals surface area contributed by atoms with E-state index in [4.69, 9.17) is 128 Å². The number of ether oxygens (including phenoxy) is 27. The zero-order valence-electron chi connectivity index (χ0n) is 66.7. The molecule has 0 saturated carbocycles. The van der Waals surface area contributed by atoms with Gasteiger partial charge in [0.15, 0.2) is 88.1 Å². The summed E-state index contributed by atoms with van der Waals surface area (Å²) in [6.07, 6.45) is -97.2. The fraction of sp³-hybridized carbons (Fsp3) is 1.00. The highest BCUT2D eigenvalue weighted by Gasteiger charge is 2.59. The second-order valence-electron chi connectivity index (χ2n) is 32.9. The smallest absolute Gasteiger partial charge is 0.187 e. The number of aliphatic hydroxyl groups is 30. The van der Waals surface area contributed by atoms with Crippen LogP contribution in [0.4, 0.5) is 0 Å². The summed E-state index contributed by atoms with van der Waals surface area (Å²) >= 11 is 0. The lowest BCUT2D eigenvalue weighted by Crippen LogP contribution is -2.64. The van der Waals surface area contributed by atoms with E-state index >= 15 is 0 Å². The molecule has 127 heavy (non-hydrogen) atoms. The Morgan fingerprint density at radius 1 is 0.157 bits per heavy atom. The quantitative estimate of drug-likeness (QED) is 0.0363. The van der Waals surface area contributed by atoms with E-state index in [2.05, 4.69) is 0 Å². The predicted molar refractivity (Wildman–Crippen MR) is 376 cm³/mol. The van der Waals surface area contributed by atoms with E-state index < -0.39 is 437 Å². The van der Waals surface area contributed by atoms with Crippen LogP contribution in [0.15, 0.2) is 0 Å². The van der Waals surface area contributed by atoms with Crippen LogP contribution in [0.5, 0.6) is 0 Å². The first kappa shape index (κ1) is 101. The highest BCUT2D eigenvalue weighted by Crippen LogP contribution is 2.39. The maximum Gasteiger partial charge on any atom is 0.187 e. The van der Waals surface area contributed by atoms with E-state index in [0.717, 1.165) is 0 Å². The standard InChI is InChI=1S/C70H114O57/c71-1-16-30(74)55(99)69(114-16)127-56-42(86)28(125-58-44(88)29(73)15(72)2-102-58)14-113-70(56)126-27-13-112-68(54(98)41(27)85)124-26-12-111-67(53(97)40(26)84)123-25-11-110-66(52(96)39(25)83)122-24-10-109-65(51(95)38(24)82)121-23-9-108-64(50(94)37(23)81)120-22-8-107-63(49(93)36(22)80)119-21-7-106-62(48(92)35(21)79)118-20-6-105-61(47(91)34(20)78)117-19-5-104-60(46(90)33(19)77)116-18-4-103-59(45(89)32(18)76)115-17-3-101-57(100)43(87)31(17)75/h15-100H,1-14H2/t15-,16+,17-,18-,19-,20-,21-,22-,23-,24-,25-,26-,27-,28-,29+,30+,31+,32+,33+,34+,35+,36+,37+,38+,39+,40+,41+,42+,43-,44-,45-,46-,47-,48-,49-,50-,51-,52-,53-,54-,55-,56-,57?,58+,59+,60+,61+,62+,63+,64+,65+,66+,67+,68+,69+,70+/m1/s1. The van der Waals surface area contributed by atoms with Crippen LogP contribution in [-0.2, 0) is 128 Å². The summed E-state index contributed by atoms with van der Waals surface area (Å²) in [6.45, 7) is -8.15. The Morgan fingerprint density at radius 2 is 0.331 bits per heavy atom. The van der Waals surface area contributed by atoms with Gasteiger partial charge in [0, 0.05) is 0 Å². The van der Waals surface area contributed by atoms with Gasteiger partial charge in [-0.2, -0.15) is 0 Å². The highest BCUT2D eigenvalue weighted by atomic mass is 16.8. The van der Waals surface area contributed by atoms with Crippen molar-refractivity contribution in [3.8, 4) is 0 Å². The first-order valence-corrected chi connectivity index (χ1v) is 40.9. The molecule has 57 nitrogen and oxygen atoms in total. The van der Waals surface area contributed by atoms with Gasteiger partial charge in [0.25, 0.3) is 0 Å². The van der Waals surface area contributed by atoms with E-state index in [9.17, 15) is 153 Å². The summed E-state index contributed by atoms with van der Waals surface area (Å²) in [5.41, 5.74) is 0. The SMILES string of the molecule is OC[C@@H]1O[C@@H](O[C@H]2[C@H](O[C@@H]3CO[C@@H](O[C@@H]4CO[C@@H](O[C@@H]5CO[C@@H](O[C@@H]6CO[C@@H](O[C@@H]7CO[C@@H](O[C@@H]8CO[C@@H](O[C@@H]9CO[C@@H](O[C@@H]%10CO[C@@H](O[C@@H]%11CO[C@@H](O[C@@H]%12CO[C@@H](O[C@@H]%13COC(O)[C@H](O)[C@H]%13O)[C@H](O)[C@H]%12O)[C@H](O)[C@H]%11O)[C@H](O)[C@H]%10O)[C@H](O)[C@H]9O)[C@H](O)[C@H]8O)[C@H](O)[C@H]7O)[C@H](O)[C@H]6O)[C@H](O)[C@H]5O)[C@H](O)[C@H]4O)[C@H](O)[C@H]3O)OC[C@@H](O[C@@H]3OC[C@@H](O)[C@H](O)[C@H]3O)[C@@H]2O)[C@H](O)[C@H]1O. The van der Waals surface area contributed by atoms with Crippen molar-refractivity contribution < 1.29 is 281 Å². The summed E-state index contributed by atoms with van der Waals surface area (Å²) in [5.74, 6) is 0. The Hall–Kier alpha value is -2.28. The summed E-state index contributed by atoms with van der Waals surface area (Å²) in [5, 5.41) is 324. The van der Waals surface area contributed by atoms with Crippen molar-refractivity contribution in [2.24, 2.45) is 0 Å². The average molecular weight is 1870 g/mol. The van der Waals surface area contributed by atoms with Crippen LogP contribution in [0, 0.1) is 0 Å². The molecule has 14 heterocycles. The van der Waals surface area contributed by atoms with Gasteiger partial charge in [-0.05, 0) is 0 Å². The van der Waals surface area contributed by atoms with Crippen LogP contribution < -0.4 is 0 Å². The molecule has 14 aliphatic rings. The second-order valence-corrected chi connectivity index (χ2v) is 32.9. The summed E-state index contributed by atoms with van der Waals surface area (Å²) in [4.78, 5) is 0. The van der Waals surface area contributed by atoms with E-state index in [0.29, 0.717) is 0 Å². The van der Waals surface area contributed by atoms with E-state index in [1.807, 2.05) is 0 Å². The molecule has 0 aromatic rings. The van der Waals surface area contributed by atoms with Crippen molar-refractivity contribution >= 4 is 0 Å². The number of hydrogen-bond donors (Lipinski definition) is 30. The zero-order chi connectivity index (χ0) is 91.3. The fourth-order valence-electron chi connectivity index (χ4n) is 16.2. The minimum absolute atomic E-state index is 0.412. The lowest BCUT2D eigenvalue weighted by Gasteiger charge is -2.46. The van der Waals surface area contributed by atoms with Gasteiger partial charge in [0.05, 0.1) is 92.5 Å². The van der Waals surface area contributed by atoms with Crippen LogP contribution in [0.3, 0.4) is 0 Å². The van der Waals surface area contributed by atoms with Crippen LogP contribution in [-0.4, -0.2) is 590 Å². The Kier molecular flexibility index (Phi) is 34.6. The fourth-order valence-corrected chi connectivity index (χ4v) is 16.2. The van der Waals surface area contributed by atoms with Crippen molar-refractivity contribution in [1.29, 1.82) is 0 Å². The topological polar surface area (TPSA) is 856 Å². The third kappa shape index (κ3) is 22.0. The summed E-state index contributed by atoms with van der Waals surface area (Å²) < 4.78 is 151. The average Bonchev–Trinajstić information content (AvgIpc) is 1.46.